The summed E-state index contributed by atoms with van der Waals surface area (Å²) in [5.41, 5.74) is 1.52. The number of amides is 4. The van der Waals surface area contributed by atoms with Crippen LogP contribution in [0.15, 0.2) is 53.4 Å². The highest BCUT2D eigenvalue weighted by Crippen LogP contribution is 2.37. The standard InChI is InChI=1S/C25H29N3O3S/c1-16(2)18-9-11-19(12-10-18)25(4)23(30)28(24(31)26-25)15-22(29)27-14-13-17(3)32-21-8-6-5-7-20(21)27/h5-12,16-17H,13-15H2,1-4H3,(H,26,31)/t17-,25-/m1/s1. The van der Waals surface area contributed by atoms with Gasteiger partial charge in [0.1, 0.15) is 12.1 Å². The number of carbonyl (C=O) groups is 3. The van der Waals surface area contributed by atoms with Crippen molar-refractivity contribution >= 4 is 35.3 Å². The van der Waals surface area contributed by atoms with Gasteiger partial charge in [-0.15, -0.1) is 11.8 Å². The van der Waals surface area contributed by atoms with Crippen molar-refractivity contribution in [3.63, 3.8) is 0 Å². The van der Waals surface area contributed by atoms with Crippen LogP contribution in [0.4, 0.5) is 10.5 Å². The summed E-state index contributed by atoms with van der Waals surface area (Å²) in [5, 5.41) is 3.18. The minimum Gasteiger partial charge on any atom is -0.319 e. The molecule has 168 valence electrons. The fourth-order valence-electron chi connectivity index (χ4n) is 4.20. The average Bonchev–Trinajstić information content (AvgIpc) is 2.90. The summed E-state index contributed by atoms with van der Waals surface area (Å²) < 4.78 is 0. The topological polar surface area (TPSA) is 69.7 Å². The molecule has 7 heteroatoms. The van der Waals surface area contributed by atoms with E-state index in [0.717, 1.165) is 27.5 Å². The van der Waals surface area contributed by atoms with Gasteiger partial charge in [-0.05, 0) is 42.5 Å². The molecule has 2 aromatic rings. The SMILES string of the molecule is CC(C)c1ccc([C@@]2(C)NC(=O)N(CC(=O)N3CC[C@@H](C)Sc4ccccc43)C2=O)cc1. The number of anilines is 1. The van der Waals surface area contributed by atoms with Crippen LogP contribution < -0.4 is 10.2 Å². The molecule has 0 radical (unpaired) electrons. The number of fused-ring (bicyclic) bond motifs is 1. The van der Waals surface area contributed by atoms with E-state index in [9.17, 15) is 14.4 Å². The highest BCUT2D eigenvalue weighted by atomic mass is 32.2. The Morgan fingerprint density at radius 1 is 1.16 bits per heavy atom. The van der Waals surface area contributed by atoms with E-state index < -0.39 is 17.5 Å². The van der Waals surface area contributed by atoms with Gasteiger partial charge in [0, 0.05) is 16.7 Å². The molecular weight excluding hydrogens is 422 g/mol. The number of rotatable bonds is 4. The summed E-state index contributed by atoms with van der Waals surface area (Å²) in [4.78, 5) is 43.1. The molecule has 32 heavy (non-hydrogen) atoms. The maximum Gasteiger partial charge on any atom is 0.325 e. The first-order chi connectivity index (χ1) is 15.2. The molecule has 2 atom stereocenters. The number of imide groups is 1. The smallest absolute Gasteiger partial charge is 0.319 e. The second kappa shape index (κ2) is 8.62. The van der Waals surface area contributed by atoms with Crippen LogP contribution in [0, 0.1) is 0 Å². The number of urea groups is 1. The highest BCUT2D eigenvalue weighted by molar-refractivity contribution is 8.00. The van der Waals surface area contributed by atoms with Crippen LogP contribution in [0.2, 0.25) is 0 Å². The second-order valence-electron chi connectivity index (χ2n) is 8.95. The van der Waals surface area contributed by atoms with Crippen molar-refractivity contribution in [1.82, 2.24) is 10.2 Å². The predicted octanol–water partition coefficient (Wildman–Crippen LogP) is 4.49. The Hall–Kier alpha value is -2.80. The number of thioether (sulfide) groups is 1. The number of carbonyl (C=O) groups excluding carboxylic acids is 3. The van der Waals surface area contributed by atoms with Gasteiger partial charge in [0.15, 0.2) is 0 Å². The summed E-state index contributed by atoms with van der Waals surface area (Å²) in [5.74, 6) is -0.286. The van der Waals surface area contributed by atoms with Crippen LogP contribution in [0.3, 0.4) is 0 Å². The van der Waals surface area contributed by atoms with E-state index in [1.54, 1.807) is 23.6 Å². The average molecular weight is 452 g/mol. The Bertz CT molecular complexity index is 1050. The van der Waals surface area contributed by atoms with Crippen molar-refractivity contribution in [2.45, 2.75) is 55.7 Å². The molecule has 0 spiro atoms. The van der Waals surface area contributed by atoms with Gasteiger partial charge in [-0.2, -0.15) is 0 Å². The summed E-state index contributed by atoms with van der Waals surface area (Å²) >= 11 is 1.74. The maximum atomic E-state index is 13.3. The van der Waals surface area contributed by atoms with Crippen molar-refractivity contribution in [2.75, 3.05) is 18.0 Å². The Balaban J connectivity index is 1.55. The van der Waals surface area contributed by atoms with Gasteiger partial charge in [-0.3, -0.25) is 14.5 Å². The molecule has 0 unspecified atom stereocenters. The third kappa shape index (κ3) is 4.01. The molecule has 1 saturated heterocycles. The fraction of sp³-hybridized carbons (Fsp3) is 0.400. The van der Waals surface area contributed by atoms with Gasteiger partial charge in [-0.25, -0.2) is 4.79 Å². The molecule has 2 aromatic carbocycles. The lowest BCUT2D eigenvalue weighted by Gasteiger charge is -2.25. The molecule has 0 bridgehead atoms. The van der Waals surface area contributed by atoms with E-state index in [-0.39, 0.29) is 12.5 Å². The molecule has 2 aliphatic heterocycles. The first-order valence-electron chi connectivity index (χ1n) is 11.0. The predicted molar refractivity (Wildman–Crippen MR) is 127 cm³/mol. The number of hydrogen-bond donors (Lipinski definition) is 1. The summed E-state index contributed by atoms with van der Waals surface area (Å²) in [6.45, 7) is 8.32. The van der Waals surface area contributed by atoms with Crippen molar-refractivity contribution in [3.05, 3.63) is 59.7 Å². The lowest BCUT2D eigenvalue weighted by atomic mass is 9.90. The number of nitrogens with one attached hydrogen (secondary N) is 1. The van der Waals surface area contributed by atoms with Crippen LogP contribution in [-0.4, -0.2) is 41.1 Å². The van der Waals surface area contributed by atoms with E-state index in [1.807, 2.05) is 48.5 Å². The highest BCUT2D eigenvalue weighted by Gasteiger charge is 2.49. The van der Waals surface area contributed by atoms with Crippen LogP contribution in [0.5, 0.6) is 0 Å². The molecule has 4 rings (SSSR count). The minimum atomic E-state index is -1.19. The molecular formula is C25H29N3O3S. The summed E-state index contributed by atoms with van der Waals surface area (Å²) in [6, 6.07) is 15.0. The fourth-order valence-corrected chi connectivity index (χ4v) is 5.32. The normalized spacial score (nSPS) is 23.2. The van der Waals surface area contributed by atoms with E-state index >= 15 is 0 Å². The van der Waals surface area contributed by atoms with Crippen LogP contribution >= 0.6 is 11.8 Å². The van der Waals surface area contributed by atoms with Crippen LogP contribution in [0.1, 0.15) is 51.2 Å². The quantitative estimate of drug-likeness (QED) is 0.695. The number of nitrogens with zero attached hydrogens (tertiary/aromatic N) is 2. The zero-order valence-corrected chi connectivity index (χ0v) is 19.7. The lowest BCUT2D eigenvalue weighted by molar-refractivity contribution is -0.134. The largest absolute Gasteiger partial charge is 0.325 e. The molecule has 2 heterocycles. The van der Waals surface area contributed by atoms with Crippen LogP contribution in [-0.2, 0) is 15.1 Å². The summed E-state index contributed by atoms with van der Waals surface area (Å²) in [6.07, 6.45) is 0.838. The first-order valence-corrected chi connectivity index (χ1v) is 11.9. The van der Waals surface area contributed by atoms with Gasteiger partial charge in [0.05, 0.1) is 5.69 Å². The Kier molecular flexibility index (Phi) is 6.03. The monoisotopic (exact) mass is 451 g/mol. The van der Waals surface area contributed by atoms with E-state index in [1.165, 1.54) is 0 Å². The molecule has 1 fully saturated rings. The number of benzene rings is 2. The number of para-hydroxylation sites is 1. The van der Waals surface area contributed by atoms with E-state index in [2.05, 4.69) is 26.1 Å². The molecule has 6 nitrogen and oxygen atoms in total. The van der Waals surface area contributed by atoms with Crippen molar-refractivity contribution < 1.29 is 14.4 Å². The minimum absolute atomic E-state index is 0.255. The Morgan fingerprint density at radius 2 is 1.84 bits per heavy atom. The third-order valence-corrected chi connectivity index (χ3v) is 7.50. The zero-order chi connectivity index (χ0) is 23.0. The molecule has 0 saturated carbocycles. The van der Waals surface area contributed by atoms with Gasteiger partial charge in [-0.1, -0.05) is 57.2 Å². The molecule has 1 N–H and O–H groups in total. The van der Waals surface area contributed by atoms with Crippen molar-refractivity contribution in [2.24, 2.45) is 0 Å². The van der Waals surface area contributed by atoms with Gasteiger partial charge < -0.3 is 10.2 Å². The van der Waals surface area contributed by atoms with E-state index in [0.29, 0.717) is 23.3 Å². The van der Waals surface area contributed by atoms with Crippen molar-refractivity contribution in [3.8, 4) is 0 Å². The van der Waals surface area contributed by atoms with Crippen LogP contribution in [0.25, 0.3) is 0 Å². The lowest BCUT2D eigenvalue weighted by Crippen LogP contribution is -2.45. The molecule has 0 aromatic heterocycles. The Labute approximate surface area is 193 Å². The number of hydrogen-bond acceptors (Lipinski definition) is 4. The van der Waals surface area contributed by atoms with Gasteiger partial charge >= 0.3 is 6.03 Å². The van der Waals surface area contributed by atoms with Gasteiger partial charge in [0.25, 0.3) is 5.91 Å². The Morgan fingerprint density at radius 3 is 2.53 bits per heavy atom. The molecule has 4 amide bonds. The summed E-state index contributed by atoms with van der Waals surface area (Å²) in [7, 11) is 0. The van der Waals surface area contributed by atoms with E-state index in [4.69, 9.17) is 0 Å². The first kappa shape index (κ1) is 22.4. The maximum absolute atomic E-state index is 13.3. The molecule has 2 aliphatic rings. The van der Waals surface area contributed by atoms with Gasteiger partial charge in [0.2, 0.25) is 5.91 Å². The second-order valence-corrected chi connectivity index (χ2v) is 10.4. The zero-order valence-electron chi connectivity index (χ0n) is 18.9. The third-order valence-electron chi connectivity index (χ3n) is 6.27. The molecule has 0 aliphatic carbocycles. The van der Waals surface area contributed by atoms with Crippen molar-refractivity contribution in [1.29, 1.82) is 0 Å².